The van der Waals surface area contributed by atoms with Gasteiger partial charge in [0.15, 0.2) is 15.9 Å². The number of hydrogen-bond acceptors (Lipinski definition) is 9. The molecule has 1 aromatic heterocycles. The van der Waals surface area contributed by atoms with Crippen LogP contribution in [0.25, 0.3) is 16.5 Å². The van der Waals surface area contributed by atoms with Crippen LogP contribution >= 0.6 is 23.1 Å². The summed E-state index contributed by atoms with van der Waals surface area (Å²) in [6.07, 6.45) is 0. The topological polar surface area (TPSA) is 102 Å². The van der Waals surface area contributed by atoms with Crippen LogP contribution < -0.4 is 14.4 Å². The molecule has 6 rings (SSSR count). The average Bonchev–Trinajstić information content (AvgIpc) is 3.61. The molecule has 1 saturated heterocycles. The fraction of sp³-hybridized carbons (Fsp3) is 0.125. The van der Waals surface area contributed by atoms with E-state index in [1.165, 1.54) is 54.4 Å². The maximum atomic E-state index is 14.6. The third kappa shape index (κ3) is 5.33. The van der Waals surface area contributed by atoms with E-state index >= 15 is 0 Å². The van der Waals surface area contributed by atoms with E-state index in [-0.39, 0.29) is 22.0 Å². The third-order valence-electron chi connectivity index (χ3n) is 7.11. The van der Waals surface area contributed by atoms with E-state index in [2.05, 4.69) is 34.5 Å². The van der Waals surface area contributed by atoms with Crippen LogP contribution in [0, 0.1) is 5.82 Å². The molecule has 216 valence electrons. The number of methoxy groups -OCH3 is 2. The summed E-state index contributed by atoms with van der Waals surface area (Å²) < 4.78 is 25.5. The number of ether oxygens (including phenoxy) is 2. The average molecular weight is 614 g/mol. The molecule has 4 aromatic carbocycles. The zero-order valence-corrected chi connectivity index (χ0v) is 24.6. The Morgan fingerprint density at radius 2 is 1.77 bits per heavy atom. The summed E-state index contributed by atoms with van der Waals surface area (Å²) >= 11 is 2.64. The second kappa shape index (κ2) is 11.9. The van der Waals surface area contributed by atoms with Crippen molar-refractivity contribution >= 4 is 56.5 Å². The summed E-state index contributed by atoms with van der Waals surface area (Å²) in [6, 6.07) is 23.8. The molecule has 0 aliphatic carbocycles. The van der Waals surface area contributed by atoms with Gasteiger partial charge in [0.1, 0.15) is 11.5 Å². The van der Waals surface area contributed by atoms with Crippen LogP contribution in [0.1, 0.15) is 22.7 Å². The Bertz CT molecular complexity index is 1900. The minimum atomic E-state index is -1.07. The fourth-order valence-corrected chi connectivity index (χ4v) is 6.91. The smallest absolute Gasteiger partial charge is 0.301 e. The maximum Gasteiger partial charge on any atom is 0.301 e. The number of anilines is 1. The number of nitrogens with zero attached hydrogens (tertiary/aromatic N) is 3. The number of halogens is 1. The summed E-state index contributed by atoms with van der Waals surface area (Å²) in [4.78, 5) is 28.2. The van der Waals surface area contributed by atoms with Crippen LogP contribution in [0.3, 0.4) is 0 Å². The molecule has 1 aliphatic heterocycles. The van der Waals surface area contributed by atoms with Gasteiger partial charge in [-0.3, -0.25) is 14.5 Å². The van der Waals surface area contributed by atoms with E-state index in [0.29, 0.717) is 21.4 Å². The number of carbonyl (C=O) groups excluding carboxylic acids is 2. The number of thioether (sulfide) groups is 1. The van der Waals surface area contributed by atoms with Crippen LogP contribution in [0.4, 0.5) is 9.52 Å². The first kappa shape index (κ1) is 28.4. The predicted octanol–water partition coefficient (Wildman–Crippen LogP) is 6.77. The van der Waals surface area contributed by atoms with Crippen LogP contribution in [-0.4, -0.2) is 41.2 Å². The van der Waals surface area contributed by atoms with Gasteiger partial charge in [0.2, 0.25) is 5.13 Å². The Hall–Kier alpha value is -4.74. The highest BCUT2D eigenvalue weighted by molar-refractivity contribution is 8.00. The number of benzene rings is 4. The van der Waals surface area contributed by atoms with Crippen molar-refractivity contribution < 1.29 is 28.6 Å². The van der Waals surface area contributed by atoms with E-state index in [0.717, 1.165) is 22.4 Å². The molecular weight excluding hydrogens is 590 g/mol. The number of hydrogen-bond donors (Lipinski definition) is 1. The van der Waals surface area contributed by atoms with Gasteiger partial charge in [-0.2, -0.15) is 0 Å². The van der Waals surface area contributed by atoms with Gasteiger partial charge in [-0.25, -0.2) is 4.39 Å². The number of ketones is 1. The van der Waals surface area contributed by atoms with Gasteiger partial charge < -0.3 is 14.6 Å². The molecule has 0 radical (unpaired) electrons. The van der Waals surface area contributed by atoms with Crippen molar-refractivity contribution in [3.63, 3.8) is 0 Å². The van der Waals surface area contributed by atoms with Crippen molar-refractivity contribution in [2.75, 3.05) is 19.1 Å². The van der Waals surface area contributed by atoms with Gasteiger partial charge in [-0.1, -0.05) is 77.7 Å². The molecule has 1 N–H and O–H groups in total. The Labute approximate surface area is 254 Å². The second-order valence-corrected chi connectivity index (χ2v) is 11.8. The molecule has 1 atom stereocenters. The molecule has 0 spiro atoms. The van der Waals surface area contributed by atoms with Crippen LogP contribution in [0.15, 0.2) is 94.8 Å². The zero-order valence-electron chi connectivity index (χ0n) is 23.0. The molecule has 5 aromatic rings. The van der Waals surface area contributed by atoms with E-state index in [4.69, 9.17) is 9.47 Å². The lowest BCUT2D eigenvalue weighted by Crippen LogP contribution is -2.29. The first-order valence-corrected chi connectivity index (χ1v) is 14.9. The lowest BCUT2D eigenvalue weighted by Gasteiger charge is -2.23. The molecule has 1 fully saturated rings. The standard InChI is InChI=1S/C32H24FN3O5S2/c1-40-22-11-6-9-19(15-22)27-26(28(37)20-13-14-25(41-2)24(33)16-20)29(38)30(39)36(27)31-34-35-32(43-31)42-17-21-10-5-8-18-7-3-4-12-23(18)21/h3-16,27,37H,17H2,1-2H3/t27-/m0/s1. The van der Waals surface area contributed by atoms with Gasteiger partial charge in [-0.15, -0.1) is 10.2 Å². The number of carbonyl (C=O) groups is 2. The molecule has 0 bridgehead atoms. The minimum Gasteiger partial charge on any atom is -0.507 e. The van der Waals surface area contributed by atoms with Gasteiger partial charge in [0.05, 0.1) is 25.8 Å². The number of aliphatic hydroxyl groups excluding tert-OH is 1. The lowest BCUT2D eigenvalue weighted by atomic mass is 9.95. The molecule has 1 amide bonds. The number of Topliss-reactive ketones (excluding diaryl/α,β-unsaturated/α-hetero) is 1. The molecule has 1 aliphatic rings. The van der Waals surface area contributed by atoms with Crippen molar-refractivity contribution in [2.45, 2.75) is 16.1 Å². The molecule has 43 heavy (non-hydrogen) atoms. The zero-order chi connectivity index (χ0) is 30.1. The quantitative estimate of drug-likeness (QED) is 0.0673. The van der Waals surface area contributed by atoms with Crippen LogP contribution in [0.5, 0.6) is 11.5 Å². The molecule has 2 heterocycles. The third-order valence-corrected chi connectivity index (χ3v) is 9.22. The summed E-state index contributed by atoms with van der Waals surface area (Å²) in [5, 5.41) is 22.4. The van der Waals surface area contributed by atoms with E-state index in [1.54, 1.807) is 24.3 Å². The van der Waals surface area contributed by atoms with Gasteiger partial charge in [0, 0.05) is 11.3 Å². The Kier molecular flexibility index (Phi) is 7.83. The maximum absolute atomic E-state index is 14.6. The van der Waals surface area contributed by atoms with Gasteiger partial charge in [0.25, 0.3) is 5.78 Å². The lowest BCUT2D eigenvalue weighted by molar-refractivity contribution is -0.132. The van der Waals surface area contributed by atoms with E-state index < -0.39 is 29.3 Å². The SMILES string of the molecule is COc1cccc([C@H]2C(=C(O)c3ccc(OC)c(F)c3)C(=O)C(=O)N2c2nnc(SCc3cccc4ccccc34)s2)c1. The number of rotatable bonds is 8. The van der Waals surface area contributed by atoms with Crippen molar-refractivity contribution in [1.29, 1.82) is 0 Å². The monoisotopic (exact) mass is 613 g/mol. The molecule has 8 nitrogen and oxygen atoms in total. The van der Waals surface area contributed by atoms with Crippen molar-refractivity contribution in [3.8, 4) is 11.5 Å². The number of aromatic nitrogens is 2. The van der Waals surface area contributed by atoms with E-state index in [9.17, 15) is 19.1 Å². The van der Waals surface area contributed by atoms with Gasteiger partial charge >= 0.3 is 5.91 Å². The first-order valence-electron chi connectivity index (χ1n) is 13.1. The largest absolute Gasteiger partial charge is 0.507 e. The summed E-state index contributed by atoms with van der Waals surface area (Å²) in [5.41, 5.74) is 1.44. The Morgan fingerprint density at radius 1 is 0.977 bits per heavy atom. The Balaban J connectivity index is 1.39. The highest BCUT2D eigenvalue weighted by Crippen LogP contribution is 2.45. The number of aliphatic hydroxyl groups is 1. The second-order valence-electron chi connectivity index (χ2n) is 9.57. The Morgan fingerprint density at radius 3 is 2.56 bits per heavy atom. The predicted molar refractivity (Wildman–Crippen MR) is 164 cm³/mol. The minimum absolute atomic E-state index is 0.0211. The van der Waals surface area contributed by atoms with Gasteiger partial charge in [-0.05, 0) is 52.2 Å². The molecule has 0 unspecified atom stereocenters. The molecule has 0 saturated carbocycles. The summed E-state index contributed by atoms with van der Waals surface area (Å²) in [7, 11) is 2.82. The highest BCUT2D eigenvalue weighted by Gasteiger charge is 2.48. The molecular formula is C32H24FN3O5S2. The molecule has 11 heteroatoms. The normalized spacial score (nSPS) is 16.2. The number of fused-ring (bicyclic) bond motifs is 1. The first-order chi connectivity index (χ1) is 20.9. The van der Waals surface area contributed by atoms with Crippen LogP contribution in [-0.2, 0) is 15.3 Å². The van der Waals surface area contributed by atoms with Crippen molar-refractivity contribution in [2.24, 2.45) is 0 Å². The van der Waals surface area contributed by atoms with Crippen molar-refractivity contribution in [3.05, 3.63) is 113 Å². The van der Waals surface area contributed by atoms with Crippen molar-refractivity contribution in [1.82, 2.24) is 10.2 Å². The summed E-state index contributed by atoms with van der Waals surface area (Å²) in [6.45, 7) is 0. The number of amides is 1. The van der Waals surface area contributed by atoms with Crippen LogP contribution in [0.2, 0.25) is 0 Å². The highest BCUT2D eigenvalue weighted by atomic mass is 32.2. The fourth-order valence-electron chi connectivity index (χ4n) is 5.04. The van der Waals surface area contributed by atoms with E-state index in [1.807, 2.05) is 18.2 Å². The summed E-state index contributed by atoms with van der Waals surface area (Å²) in [5.74, 6) is -1.98.